The van der Waals surface area contributed by atoms with Gasteiger partial charge in [-0.1, -0.05) is 17.7 Å². The Morgan fingerprint density at radius 2 is 2.29 bits per heavy atom. The van der Waals surface area contributed by atoms with Crippen LogP contribution in [0.4, 0.5) is 0 Å². The van der Waals surface area contributed by atoms with Gasteiger partial charge in [0.1, 0.15) is 5.82 Å². The Labute approximate surface area is 87.7 Å². The molecule has 0 atom stereocenters. The number of hydrogen-bond donors (Lipinski definition) is 1. The van der Waals surface area contributed by atoms with E-state index in [1.807, 2.05) is 32.2 Å². The van der Waals surface area contributed by atoms with Crippen LogP contribution >= 0.6 is 11.6 Å². The van der Waals surface area contributed by atoms with E-state index in [1.165, 1.54) is 0 Å². The topological polar surface area (TPSA) is 29.3 Å². The number of aryl methyl sites for hydroxylation is 1. The summed E-state index contributed by atoms with van der Waals surface area (Å²) in [5.41, 5.74) is 2.11. The number of halogens is 1. The van der Waals surface area contributed by atoms with Gasteiger partial charge in [0, 0.05) is 5.69 Å². The Balaban J connectivity index is 2.72. The molecule has 0 bridgehead atoms. The first-order valence-electron chi connectivity index (χ1n) is 4.51. The number of pyridine rings is 1. The molecule has 0 aromatic carbocycles. The second-order valence-electron chi connectivity index (χ2n) is 3.24. The van der Waals surface area contributed by atoms with Gasteiger partial charge in [-0.3, -0.25) is 4.40 Å². The van der Waals surface area contributed by atoms with Crippen molar-refractivity contribution in [1.82, 2.24) is 14.7 Å². The van der Waals surface area contributed by atoms with E-state index >= 15 is 0 Å². The minimum absolute atomic E-state index is 0.568. The van der Waals surface area contributed by atoms with E-state index in [0.29, 0.717) is 5.15 Å². The van der Waals surface area contributed by atoms with E-state index in [1.54, 1.807) is 0 Å². The Kier molecular flexibility index (Phi) is 2.44. The Bertz CT molecular complexity index is 462. The first-order chi connectivity index (χ1) is 6.74. The molecule has 2 rings (SSSR count). The molecule has 0 radical (unpaired) electrons. The van der Waals surface area contributed by atoms with Crippen LogP contribution in [0.2, 0.25) is 5.15 Å². The van der Waals surface area contributed by atoms with Crippen molar-refractivity contribution in [3.8, 4) is 0 Å². The highest BCUT2D eigenvalue weighted by atomic mass is 35.5. The monoisotopic (exact) mass is 209 g/mol. The Morgan fingerprint density at radius 3 is 3.00 bits per heavy atom. The van der Waals surface area contributed by atoms with Gasteiger partial charge in [0.05, 0.1) is 12.1 Å². The van der Waals surface area contributed by atoms with Crippen LogP contribution in [-0.4, -0.2) is 16.4 Å². The molecule has 0 aliphatic rings. The van der Waals surface area contributed by atoms with Crippen molar-refractivity contribution in [1.29, 1.82) is 0 Å². The van der Waals surface area contributed by atoms with Gasteiger partial charge in [0.15, 0.2) is 5.15 Å². The summed E-state index contributed by atoms with van der Waals surface area (Å²) in [5.74, 6) is 0.950. The zero-order valence-corrected chi connectivity index (χ0v) is 8.97. The number of imidazole rings is 1. The molecule has 0 fully saturated rings. The van der Waals surface area contributed by atoms with Crippen molar-refractivity contribution in [3.63, 3.8) is 0 Å². The van der Waals surface area contributed by atoms with Gasteiger partial charge in [0.2, 0.25) is 0 Å². The van der Waals surface area contributed by atoms with Gasteiger partial charge in [0.25, 0.3) is 0 Å². The third kappa shape index (κ3) is 1.38. The van der Waals surface area contributed by atoms with Crippen molar-refractivity contribution in [2.45, 2.75) is 13.5 Å². The van der Waals surface area contributed by atoms with Crippen LogP contribution in [0.5, 0.6) is 0 Å². The van der Waals surface area contributed by atoms with Crippen molar-refractivity contribution >= 4 is 17.1 Å². The molecule has 0 saturated heterocycles. The van der Waals surface area contributed by atoms with Gasteiger partial charge < -0.3 is 5.32 Å². The van der Waals surface area contributed by atoms with Gasteiger partial charge in [-0.05, 0) is 26.1 Å². The lowest BCUT2D eigenvalue weighted by Crippen LogP contribution is -2.09. The maximum atomic E-state index is 6.03. The molecule has 0 aliphatic carbocycles. The number of aromatic nitrogens is 2. The Morgan fingerprint density at radius 1 is 1.50 bits per heavy atom. The van der Waals surface area contributed by atoms with Crippen LogP contribution in [0.25, 0.3) is 5.52 Å². The summed E-state index contributed by atoms with van der Waals surface area (Å²) in [6.45, 7) is 2.77. The summed E-state index contributed by atoms with van der Waals surface area (Å²) < 4.78 is 2.07. The smallest absolute Gasteiger partial charge is 0.155 e. The second-order valence-corrected chi connectivity index (χ2v) is 3.59. The first-order valence-corrected chi connectivity index (χ1v) is 4.89. The molecular weight excluding hydrogens is 198 g/mol. The maximum Gasteiger partial charge on any atom is 0.155 e. The molecule has 1 N–H and O–H groups in total. The summed E-state index contributed by atoms with van der Waals surface area (Å²) >= 11 is 6.03. The molecule has 3 nitrogen and oxygen atoms in total. The normalized spacial score (nSPS) is 11.1. The SMILES string of the molecule is CNCc1nc(Cl)c2cccc(C)n12. The summed E-state index contributed by atoms with van der Waals surface area (Å²) in [5, 5.41) is 3.64. The minimum Gasteiger partial charge on any atom is -0.313 e. The average Bonchev–Trinajstić information content (AvgIpc) is 2.46. The van der Waals surface area contributed by atoms with Gasteiger partial charge in [-0.15, -0.1) is 0 Å². The van der Waals surface area contributed by atoms with E-state index in [2.05, 4.69) is 14.7 Å². The van der Waals surface area contributed by atoms with E-state index in [0.717, 1.165) is 23.6 Å². The van der Waals surface area contributed by atoms with Gasteiger partial charge in [-0.2, -0.15) is 0 Å². The fourth-order valence-electron chi connectivity index (χ4n) is 1.62. The fourth-order valence-corrected chi connectivity index (χ4v) is 1.86. The number of hydrogen-bond acceptors (Lipinski definition) is 2. The second kappa shape index (κ2) is 3.59. The molecule has 74 valence electrons. The number of nitrogens with zero attached hydrogens (tertiary/aromatic N) is 2. The molecule has 0 unspecified atom stereocenters. The zero-order valence-electron chi connectivity index (χ0n) is 8.21. The number of fused-ring (bicyclic) bond motifs is 1. The average molecular weight is 210 g/mol. The molecule has 14 heavy (non-hydrogen) atoms. The molecule has 0 spiro atoms. The van der Waals surface area contributed by atoms with Crippen LogP contribution < -0.4 is 5.32 Å². The third-order valence-electron chi connectivity index (χ3n) is 2.22. The molecule has 0 amide bonds. The highest BCUT2D eigenvalue weighted by Crippen LogP contribution is 2.19. The lowest BCUT2D eigenvalue weighted by atomic mass is 10.3. The third-order valence-corrected chi connectivity index (χ3v) is 2.49. The van der Waals surface area contributed by atoms with Crippen molar-refractivity contribution in [2.75, 3.05) is 7.05 Å². The van der Waals surface area contributed by atoms with Gasteiger partial charge >= 0.3 is 0 Å². The predicted molar refractivity (Wildman–Crippen MR) is 57.7 cm³/mol. The van der Waals surface area contributed by atoms with Crippen LogP contribution in [0.1, 0.15) is 11.5 Å². The summed E-state index contributed by atoms with van der Waals surface area (Å²) in [7, 11) is 1.90. The minimum atomic E-state index is 0.568. The molecule has 2 aromatic rings. The first kappa shape index (κ1) is 9.49. The lowest BCUT2D eigenvalue weighted by molar-refractivity contribution is 0.749. The molecule has 2 heterocycles. The standard InChI is InChI=1S/C10H12ClN3/c1-7-4-3-5-8-10(11)13-9(6-12-2)14(7)8/h3-5,12H,6H2,1-2H3. The lowest BCUT2D eigenvalue weighted by Gasteiger charge is -2.03. The highest BCUT2D eigenvalue weighted by Gasteiger charge is 2.09. The molecular formula is C10H12ClN3. The summed E-state index contributed by atoms with van der Waals surface area (Å²) in [6.07, 6.45) is 0. The number of nitrogens with one attached hydrogen (secondary N) is 1. The van der Waals surface area contributed by atoms with Crippen molar-refractivity contribution in [3.05, 3.63) is 34.9 Å². The van der Waals surface area contributed by atoms with E-state index in [-0.39, 0.29) is 0 Å². The van der Waals surface area contributed by atoms with E-state index < -0.39 is 0 Å². The highest BCUT2D eigenvalue weighted by molar-refractivity contribution is 6.32. The number of rotatable bonds is 2. The molecule has 0 aliphatic heterocycles. The van der Waals surface area contributed by atoms with E-state index in [4.69, 9.17) is 11.6 Å². The maximum absolute atomic E-state index is 6.03. The largest absolute Gasteiger partial charge is 0.313 e. The van der Waals surface area contributed by atoms with Crippen LogP contribution in [0.3, 0.4) is 0 Å². The van der Waals surface area contributed by atoms with E-state index in [9.17, 15) is 0 Å². The Hall–Kier alpha value is -1.06. The molecule has 2 aromatic heterocycles. The summed E-state index contributed by atoms with van der Waals surface area (Å²) in [6, 6.07) is 6.01. The molecule has 0 saturated carbocycles. The van der Waals surface area contributed by atoms with Gasteiger partial charge in [-0.25, -0.2) is 4.98 Å². The zero-order chi connectivity index (χ0) is 10.1. The molecule has 4 heteroatoms. The summed E-state index contributed by atoms with van der Waals surface area (Å²) in [4.78, 5) is 4.31. The van der Waals surface area contributed by atoms with Crippen LogP contribution in [-0.2, 0) is 6.54 Å². The van der Waals surface area contributed by atoms with Crippen LogP contribution in [0.15, 0.2) is 18.2 Å². The van der Waals surface area contributed by atoms with Crippen LogP contribution in [0, 0.1) is 6.92 Å². The van der Waals surface area contributed by atoms with Crippen molar-refractivity contribution < 1.29 is 0 Å². The van der Waals surface area contributed by atoms with Crippen molar-refractivity contribution in [2.24, 2.45) is 0 Å². The quantitative estimate of drug-likeness (QED) is 0.820. The fraction of sp³-hybridized carbons (Fsp3) is 0.300. The predicted octanol–water partition coefficient (Wildman–Crippen LogP) is 2.02.